The van der Waals surface area contributed by atoms with Crippen molar-refractivity contribution >= 4 is 11.6 Å². The predicted octanol–water partition coefficient (Wildman–Crippen LogP) is 1.57. The molecule has 4 heteroatoms. The minimum absolute atomic E-state index is 0.348. The topological polar surface area (TPSA) is 45.9 Å². The first-order chi connectivity index (χ1) is 5.88. The Morgan fingerprint density at radius 1 is 1.67 bits per heavy atom. The molecule has 12 heavy (non-hydrogen) atoms. The van der Waals surface area contributed by atoms with Crippen LogP contribution in [0.2, 0.25) is 0 Å². The Bertz CT molecular complexity index is 295. The second-order valence-electron chi connectivity index (χ2n) is 2.01. The standard InChI is InChI=1S/C8H7ClN2O/c9-3-5-12-8-7(6-10)2-1-4-11-8/h1-2,4H,3,5H2. The summed E-state index contributed by atoms with van der Waals surface area (Å²) in [5.41, 5.74) is 0.433. The fourth-order valence-electron chi connectivity index (χ4n) is 0.726. The zero-order chi connectivity index (χ0) is 8.81. The Morgan fingerprint density at radius 2 is 2.50 bits per heavy atom. The molecule has 1 aromatic rings. The van der Waals surface area contributed by atoms with E-state index in [1.165, 1.54) is 0 Å². The molecule has 1 aromatic heterocycles. The molecule has 0 bridgehead atoms. The number of nitrogens with zero attached hydrogens (tertiary/aromatic N) is 2. The van der Waals surface area contributed by atoms with Gasteiger partial charge in [0.05, 0.1) is 5.88 Å². The Hall–Kier alpha value is -1.27. The summed E-state index contributed by atoms with van der Waals surface area (Å²) in [6.45, 7) is 0.368. The lowest BCUT2D eigenvalue weighted by molar-refractivity contribution is 0.328. The van der Waals surface area contributed by atoms with Crippen molar-refractivity contribution in [2.75, 3.05) is 12.5 Å². The molecule has 0 aliphatic heterocycles. The molecular formula is C8H7ClN2O. The summed E-state index contributed by atoms with van der Waals surface area (Å²) in [6, 6.07) is 5.31. The third kappa shape index (κ3) is 2.11. The maximum absolute atomic E-state index is 8.61. The fraction of sp³-hybridized carbons (Fsp3) is 0.250. The van der Waals surface area contributed by atoms with Gasteiger partial charge in [0.1, 0.15) is 18.2 Å². The van der Waals surface area contributed by atoms with E-state index in [0.29, 0.717) is 23.9 Å². The highest BCUT2D eigenvalue weighted by Gasteiger charge is 2.01. The lowest BCUT2D eigenvalue weighted by Gasteiger charge is -2.02. The number of pyridine rings is 1. The third-order valence-corrected chi connectivity index (χ3v) is 1.36. The Morgan fingerprint density at radius 3 is 3.17 bits per heavy atom. The van der Waals surface area contributed by atoms with Crippen molar-refractivity contribution in [2.45, 2.75) is 0 Å². The van der Waals surface area contributed by atoms with E-state index in [-0.39, 0.29) is 0 Å². The van der Waals surface area contributed by atoms with Crippen LogP contribution in [0.5, 0.6) is 5.88 Å². The summed E-state index contributed by atoms with van der Waals surface area (Å²) in [7, 11) is 0. The van der Waals surface area contributed by atoms with Crippen molar-refractivity contribution in [2.24, 2.45) is 0 Å². The van der Waals surface area contributed by atoms with Crippen LogP contribution >= 0.6 is 11.6 Å². The minimum Gasteiger partial charge on any atom is -0.475 e. The maximum Gasteiger partial charge on any atom is 0.231 e. The summed E-state index contributed by atoms with van der Waals surface area (Å²) >= 11 is 5.41. The van der Waals surface area contributed by atoms with Crippen LogP contribution < -0.4 is 4.74 Å². The molecule has 62 valence electrons. The van der Waals surface area contributed by atoms with Gasteiger partial charge < -0.3 is 4.74 Å². The number of rotatable bonds is 3. The number of nitriles is 1. The molecule has 0 aromatic carbocycles. The largest absolute Gasteiger partial charge is 0.475 e. The van der Waals surface area contributed by atoms with Crippen molar-refractivity contribution in [1.82, 2.24) is 4.98 Å². The summed E-state index contributed by atoms with van der Waals surface area (Å²) in [4.78, 5) is 3.88. The fourth-order valence-corrected chi connectivity index (χ4v) is 0.803. The highest BCUT2D eigenvalue weighted by molar-refractivity contribution is 6.17. The van der Waals surface area contributed by atoms with E-state index in [1.54, 1.807) is 18.3 Å². The number of hydrogen-bond donors (Lipinski definition) is 0. The highest BCUT2D eigenvalue weighted by Crippen LogP contribution is 2.11. The second-order valence-corrected chi connectivity index (χ2v) is 2.38. The normalized spacial score (nSPS) is 9.00. The van der Waals surface area contributed by atoms with E-state index in [4.69, 9.17) is 21.6 Å². The first-order valence-electron chi connectivity index (χ1n) is 3.42. The van der Waals surface area contributed by atoms with Crippen LogP contribution in [0.25, 0.3) is 0 Å². The molecular weight excluding hydrogens is 176 g/mol. The second kappa shape index (κ2) is 4.58. The molecule has 1 heterocycles. The van der Waals surface area contributed by atoms with Gasteiger partial charge >= 0.3 is 0 Å². The quantitative estimate of drug-likeness (QED) is 0.667. The van der Waals surface area contributed by atoms with Gasteiger partial charge in [-0.3, -0.25) is 0 Å². The van der Waals surface area contributed by atoms with Gasteiger partial charge in [0.25, 0.3) is 0 Å². The van der Waals surface area contributed by atoms with Gasteiger partial charge in [0, 0.05) is 6.20 Å². The zero-order valence-electron chi connectivity index (χ0n) is 6.33. The van der Waals surface area contributed by atoms with E-state index in [2.05, 4.69) is 4.98 Å². The molecule has 0 amide bonds. The molecule has 3 nitrogen and oxygen atoms in total. The van der Waals surface area contributed by atoms with E-state index >= 15 is 0 Å². The lowest BCUT2D eigenvalue weighted by atomic mass is 10.3. The van der Waals surface area contributed by atoms with Gasteiger partial charge in [-0.2, -0.15) is 5.26 Å². The van der Waals surface area contributed by atoms with Crippen LogP contribution in [-0.2, 0) is 0 Å². The number of aromatic nitrogens is 1. The molecule has 0 saturated heterocycles. The molecule has 0 aliphatic carbocycles. The van der Waals surface area contributed by atoms with Gasteiger partial charge in [-0.15, -0.1) is 11.6 Å². The summed E-state index contributed by atoms with van der Waals surface area (Å²) in [6.07, 6.45) is 1.57. The van der Waals surface area contributed by atoms with Gasteiger partial charge in [-0.05, 0) is 12.1 Å². The summed E-state index contributed by atoms with van der Waals surface area (Å²) in [5.74, 6) is 0.738. The van der Waals surface area contributed by atoms with Crippen molar-refractivity contribution in [3.8, 4) is 11.9 Å². The maximum atomic E-state index is 8.61. The van der Waals surface area contributed by atoms with Crippen LogP contribution in [0.15, 0.2) is 18.3 Å². The van der Waals surface area contributed by atoms with Gasteiger partial charge in [-0.25, -0.2) is 4.98 Å². The first-order valence-corrected chi connectivity index (χ1v) is 3.96. The average molecular weight is 183 g/mol. The minimum atomic E-state index is 0.348. The Balaban J connectivity index is 2.77. The van der Waals surface area contributed by atoms with Crippen LogP contribution in [0.3, 0.4) is 0 Å². The molecule has 0 radical (unpaired) electrons. The van der Waals surface area contributed by atoms with Crippen molar-refractivity contribution in [3.05, 3.63) is 23.9 Å². The SMILES string of the molecule is N#Cc1cccnc1OCCCl. The average Bonchev–Trinajstić information content (AvgIpc) is 2.15. The van der Waals surface area contributed by atoms with Crippen LogP contribution in [0.4, 0.5) is 0 Å². The van der Waals surface area contributed by atoms with Gasteiger partial charge in [-0.1, -0.05) is 0 Å². The van der Waals surface area contributed by atoms with Gasteiger partial charge in [0.2, 0.25) is 5.88 Å². The van der Waals surface area contributed by atoms with E-state index in [1.807, 2.05) is 6.07 Å². The molecule has 0 saturated carbocycles. The van der Waals surface area contributed by atoms with E-state index in [9.17, 15) is 0 Å². The van der Waals surface area contributed by atoms with Crippen molar-refractivity contribution < 1.29 is 4.74 Å². The summed E-state index contributed by atoms with van der Waals surface area (Å²) in [5, 5.41) is 8.61. The molecule has 0 aliphatic rings. The predicted molar refractivity (Wildman–Crippen MR) is 45.2 cm³/mol. The van der Waals surface area contributed by atoms with Crippen molar-refractivity contribution in [1.29, 1.82) is 5.26 Å². The molecule has 0 fully saturated rings. The lowest BCUT2D eigenvalue weighted by Crippen LogP contribution is -2.01. The molecule has 0 N–H and O–H groups in total. The molecule has 0 spiro atoms. The monoisotopic (exact) mass is 182 g/mol. The number of ether oxygens (including phenoxy) is 1. The Labute approximate surface area is 75.6 Å². The third-order valence-electron chi connectivity index (χ3n) is 1.21. The molecule has 1 rings (SSSR count). The first kappa shape index (κ1) is 8.82. The van der Waals surface area contributed by atoms with E-state index in [0.717, 1.165) is 0 Å². The Kier molecular flexibility index (Phi) is 3.36. The van der Waals surface area contributed by atoms with Crippen LogP contribution in [0, 0.1) is 11.3 Å². The highest BCUT2D eigenvalue weighted by atomic mass is 35.5. The number of halogens is 1. The number of alkyl halides is 1. The van der Waals surface area contributed by atoms with Crippen LogP contribution in [0.1, 0.15) is 5.56 Å². The van der Waals surface area contributed by atoms with Gasteiger partial charge in [0.15, 0.2) is 0 Å². The number of hydrogen-bond acceptors (Lipinski definition) is 3. The van der Waals surface area contributed by atoms with E-state index < -0.39 is 0 Å². The zero-order valence-corrected chi connectivity index (χ0v) is 7.08. The smallest absolute Gasteiger partial charge is 0.231 e. The molecule has 0 atom stereocenters. The summed E-state index contributed by atoms with van der Waals surface area (Å²) < 4.78 is 5.11. The molecule has 0 unspecified atom stereocenters. The van der Waals surface area contributed by atoms with Crippen molar-refractivity contribution in [3.63, 3.8) is 0 Å². The van der Waals surface area contributed by atoms with Crippen LogP contribution in [-0.4, -0.2) is 17.5 Å².